The van der Waals surface area contributed by atoms with Gasteiger partial charge in [-0.05, 0) is 67.3 Å². The number of benzene rings is 2. The van der Waals surface area contributed by atoms with Gasteiger partial charge in [-0.1, -0.05) is 43.7 Å². The smallest absolute Gasteiger partial charge is 0.308 e. The number of carboxylic acids is 1. The standard InChI is InChI=1S/C36H53N3O5/c1-6-7-20-37(21-10-11-22-39(2,3)4)34(40)26-38-25-30(28-17-18-33-29(24-28)19-23-44-33)35(36(41)42)31(38)15-12-14-27-13-8-9-16-32(27)43-5/h8-9,13,16-18,24,30-31,35H,6-7,10-12,14-15,19-23,25-26H2,1-5H3/p+1. The van der Waals surface area contributed by atoms with Crippen LogP contribution in [0.25, 0.3) is 0 Å². The molecule has 2 aliphatic rings. The molecule has 0 aliphatic carbocycles. The first-order chi connectivity index (χ1) is 21.1. The molecule has 3 unspecified atom stereocenters. The van der Waals surface area contributed by atoms with E-state index >= 15 is 0 Å². The van der Waals surface area contributed by atoms with Crippen molar-refractivity contribution < 1.29 is 28.7 Å². The number of ether oxygens (including phenoxy) is 2. The van der Waals surface area contributed by atoms with Gasteiger partial charge in [0.1, 0.15) is 11.5 Å². The molecule has 2 aliphatic heterocycles. The van der Waals surface area contributed by atoms with Gasteiger partial charge in [0.05, 0.1) is 53.9 Å². The Kier molecular flexibility index (Phi) is 12.1. The van der Waals surface area contributed by atoms with E-state index in [0.717, 1.165) is 97.3 Å². The van der Waals surface area contributed by atoms with E-state index in [-0.39, 0.29) is 24.4 Å². The fourth-order valence-corrected chi connectivity index (χ4v) is 6.91. The Bertz CT molecular complexity index is 1240. The van der Waals surface area contributed by atoms with Crippen molar-refractivity contribution in [1.82, 2.24) is 9.80 Å². The number of carboxylic acid groups (broad SMARTS) is 1. The molecule has 1 saturated heterocycles. The van der Waals surface area contributed by atoms with Crippen molar-refractivity contribution in [2.45, 2.75) is 70.3 Å². The monoisotopic (exact) mass is 608 g/mol. The van der Waals surface area contributed by atoms with E-state index in [1.165, 1.54) is 0 Å². The van der Waals surface area contributed by atoms with Crippen LogP contribution in [0.2, 0.25) is 0 Å². The normalized spacial score (nSPS) is 19.9. The van der Waals surface area contributed by atoms with E-state index in [2.05, 4.69) is 45.1 Å². The van der Waals surface area contributed by atoms with Gasteiger partial charge in [-0.25, -0.2) is 0 Å². The molecular weight excluding hydrogens is 554 g/mol. The summed E-state index contributed by atoms with van der Waals surface area (Å²) in [5.41, 5.74) is 3.31. The number of para-hydroxylation sites is 1. The first-order valence-corrected chi connectivity index (χ1v) is 16.5. The number of carbonyl (C=O) groups excluding carboxylic acids is 1. The molecule has 2 aromatic rings. The molecule has 0 saturated carbocycles. The summed E-state index contributed by atoms with van der Waals surface area (Å²) in [6, 6.07) is 13.9. The minimum atomic E-state index is -0.785. The zero-order valence-electron chi connectivity index (χ0n) is 27.6. The number of likely N-dealkylation sites (tertiary alicyclic amines) is 1. The molecule has 4 rings (SSSR count). The summed E-state index contributed by atoms with van der Waals surface area (Å²) >= 11 is 0. The largest absolute Gasteiger partial charge is 0.496 e. The molecule has 0 bridgehead atoms. The summed E-state index contributed by atoms with van der Waals surface area (Å²) in [7, 11) is 8.28. The number of carbonyl (C=O) groups is 2. The van der Waals surface area contributed by atoms with Gasteiger partial charge in [-0.3, -0.25) is 14.5 Å². The summed E-state index contributed by atoms with van der Waals surface area (Å²) in [5, 5.41) is 10.6. The third kappa shape index (κ3) is 8.98. The number of unbranched alkanes of at least 4 members (excludes halogenated alkanes) is 2. The molecule has 1 N–H and O–H groups in total. The van der Waals surface area contributed by atoms with E-state index in [1.54, 1.807) is 7.11 Å². The second kappa shape index (κ2) is 15.8. The zero-order valence-corrected chi connectivity index (χ0v) is 27.6. The highest BCUT2D eigenvalue weighted by Gasteiger charge is 2.47. The van der Waals surface area contributed by atoms with E-state index in [1.807, 2.05) is 35.2 Å². The van der Waals surface area contributed by atoms with Gasteiger partial charge in [-0.15, -0.1) is 0 Å². The van der Waals surface area contributed by atoms with Crippen molar-refractivity contribution in [1.29, 1.82) is 0 Å². The quantitative estimate of drug-likeness (QED) is 0.196. The van der Waals surface area contributed by atoms with Crippen LogP contribution in [0.5, 0.6) is 11.5 Å². The van der Waals surface area contributed by atoms with Crippen LogP contribution < -0.4 is 9.47 Å². The maximum atomic E-state index is 13.9. The fourth-order valence-electron chi connectivity index (χ4n) is 6.91. The van der Waals surface area contributed by atoms with Crippen molar-refractivity contribution in [2.75, 3.05) is 67.6 Å². The molecule has 2 aromatic carbocycles. The van der Waals surface area contributed by atoms with E-state index in [0.29, 0.717) is 19.6 Å². The third-order valence-corrected chi connectivity index (χ3v) is 9.29. The highest BCUT2D eigenvalue weighted by atomic mass is 16.5. The van der Waals surface area contributed by atoms with Gasteiger partial charge in [0, 0.05) is 38.0 Å². The van der Waals surface area contributed by atoms with Crippen molar-refractivity contribution in [2.24, 2.45) is 5.92 Å². The van der Waals surface area contributed by atoms with Crippen molar-refractivity contribution in [3.63, 3.8) is 0 Å². The number of amides is 1. The molecule has 1 fully saturated rings. The Morgan fingerprint density at radius 1 is 1.07 bits per heavy atom. The lowest BCUT2D eigenvalue weighted by atomic mass is 9.83. The number of aliphatic carboxylic acids is 1. The van der Waals surface area contributed by atoms with E-state index in [4.69, 9.17) is 9.47 Å². The number of rotatable bonds is 17. The lowest BCUT2D eigenvalue weighted by molar-refractivity contribution is -0.870. The topological polar surface area (TPSA) is 79.3 Å². The lowest BCUT2D eigenvalue weighted by Crippen LogP contribution is -2.45. The number of aryl methyl sites for hydroxylation is 1. The molecule has 0 spiro atoms. The minimum Gasteiger partial charge on any atom is -0.496 e. The molecule has 3 atom stereocenters. The van der Waals surface area contributed by atoms with Gasteiger partial charge in [0.25, 0.3) is 0 Å². The van der Waals surface area contributed by atoms with E-state index in [9.17, 15) is 14.7 Å². The number of fused-ring (bicyclic) bond motifs is 1. The van der Waals surface area contributed by atoms with Crippen LogP contribution in [-0.2, 0) is 22.4 Å². The maximum absolute atomic E-state index is 13.9. The van der Waals surface area contributed by atoms with Crippen LogP contribution in [0.1, 0.15) is 68.1 Å². The Labute approximate surface area is 264 Å². The van der Waals surface area contributed by atoms with Gasteiger partial charge in [0.2, 0.25) is 5.91 Å². The third-order valence-electron chi connectivity index (χ3n) is 9.29. The molecule has 1 amide bonds. The lowest BCUT2D eigenvalue weighted by Gasteiger charge is -2.30. The van der Waals surface area contributed by atoms with Crippen LogP contribution >= 0.6 is 0 Å². The van der Waals surface area contributed by atoms with Crippen LogP contribution in [0.3, 0.4) is 0 Å². The summed E-state index contributed by atoms with van der Waals surface area (Å²) in [6.07, 6.45) is 7.21. The van der Waals surface area contributed by atoms with E-state index < -0.39 is 11.9 Å². The van der Waals surface area contributed by atoms with Gasteiger partial charge in [-0.2, -0.15) is 0 Å². The Morgan fingerprint density at radius 3 is 2.57 bits per heavy atom. The highest BCUT2D eigenvalue weighted by Crippen LogP contribution is 2.41. The second-order valence-corrected chi connectivity index (χ2v) is 13.6. The molecular formula is C36H54N3O5+. The van der Waals surface area contributed by atoms with Crippen LogP contribution in [0, 0.1) is 5.92 Å². The van der Waals surface area contributed by atoms with Crippen molar-refractivity contribution in [3.05, 3.63) is 59.2 Å². The van der Waals surface area contributed by atoms with Gasteiger partial charge >= 0.3 is 5.97 Å². The average molecular weight is 609 g/mol. The summed E-state index contributed by atoms with van der Waals surface area (Å²) in [6.45, 7) is 6.22. The van der Waals surface area contributed by atoms with Gasteiger partial charge in [0.15, 0.2) is 0 Å². The Balaban J connectivity index is 1.53. The molecule has 0 radical (unpaired) electrons. The van der Waals surface area contributed by atoms with Crippen LogP contribution in [0.4, 0.5) is 0 Å². The van der Waals surface area contributed by atoms with Gasteiger partial charge < -0.3 is 24.0 Å². The average Bonchev–Trinajstić information content (AvgIpc) is 3.60. The number of hydrogen-bond donors (Lipinski definition) is 1. The predicted molar refractivity (Wildman–Crippen MR) is 174 cm³/mol. The number of nitrogens with zero attached hydrogens (tertiary/aromatic N) is 3. The molecule has 2 heterocycles. The summed E-state index contributed by atoms with van der Waals surface area (Å²) in [4.78, 5) is 31.1. The highest BCUT2D eigenvalue weighted by molar-refractivity contribution is 5.79. The molecule has 0 aromatic heterocycles. The fraction of sp³-hybridized carbons (Fsp3) is 0.611. The second-order valence-electron chi connectivity index (χ2n) is 13.6. The van der Waals surface area contributed by atoms with Crippen LogP contribution in [-0.4, -0.2) is 105 Å². The summed E-state index contributed by atoms with van der Waals surface area (Å²) in [5.74, 6) is 0.315. The number of quaternary nitrogens is 1. The number of methoxy groups -OCH3 is 1. The van der Waals surface area contributed by atoms with Crippen LogP contribution in [0.15, 0.2) is 42.5 Å². The molecule has 8 heteroatoms. The summed E-state index contributed by atoms with van der Waals surface area (Å²) < 4.78 is 12.2. The first kappa shape index (κ1) is 33.8. The minimum absolute atomic E-state index is 0.116. The Morgan fingerprint density at radius 2 is 1.84 bits per heavy atom. The van der Waals surface area contributed by atoms with Crippen molar-refractivity contribution in [3.8, 4) is 11.5 Å². The zero-order chi connectivity index (χ0) is 31.7. The molecule has 242 valence electrons. The molecule has 44 heavy (non-hydrogen) atoms. The molecule has 8 nitrogen and oxygen atoms in total. The first-order valence-electron chi connectivity index (χ1n) is 16.5. The number of hydrogen-bond acceptors (Lipinski definition) is 5. The Hall–Kier alpha value is -3.10. The maximum Gasteiger partial charge on any atom is 0.308 e. The predicted octanol–water partition coefficient (Wildman–Crippen LogP) is 5.24. The SMILES string of the molecule is CCCCN(CCCC[N+](C)(C)C)C(=O)CN1CC(c2ccc3c(c2)CCO3)C(C(=O)O)C1CCCc1ccccc1OC. The van der Waals surface area contributed by atoms with Crippen molar-refractivity contribution >= 4 is 11.9 Å².